The van der Waals surface area contributed by atoms with Crippen molar-refractivity contribution in [1.82, 2.24) is 4.57 Å². The smallest absolute Gasteiger partial charge is 0.251 e. The van der Waals surface area contributed by atoms with E-state index >= 15 is 0 Å². The van der Waals surface area contributed by atoms with Crippen molar-refractivity contribution in [2.45, 2.75) is 13.5 Å². The molecule has 0 aliphatic heterocycles. The first-order chi connectivity index (χ1) is 9.01. The molecule has 1 aromatic carbocycles. The summed E-state index contributed by atoms with van der Waals surface area (Å²) in [4.78, 5) is 11.9. The highest BCUT2D eigenvalue weighted by Crippen LogP contribution is 2.23. The van der Waals surface area contributed by atoms with Gasteiger partial charge in [0.1, 0.15) is 5.75 Å². The van der Waals surface area contributed by atoms with Crippen molar-refractivity contribution in [2.24, 2.45) is 0 Å². The Hall–Kier alpha value is -1.94. The highest BCUT2D eigenvalue weighted by atomic mass is 35.5. The summed E-state index contributed by atoms with van der Waals surface area (Å²) in [6, 6.07) is 6.83. The van der Waals surface area contributed by atoms with E-state index in [0.29, 0.717) is 23.0 Å². The number of nitrogen functional groups attached to an aromatic ring is 1. The Morgan fingerprint density at radius 1 is 1.37 bits per heavy atom. The number of anilines is 1. The molecule has 2 rings (SSSR count). The standard InChI is InChI=1S/C14H15ClN2O2/c1-9-5-14(18)17(8-12(9)16)7-10-6-11(15)3-4-13(10)19-2/h3-6,8H,7,16H2,1-2H3. The summed E-state index contributed by atoms with van der Waals surface area (Å²) in [5.41, 5.74) is 7.92. The van der Waals surface area contributed by atoms with Crippen molar-refractivity contribution in [1.29, 1.82) is 0 Å². The van der Waals surface area contributed by atoms with E-state index < -0.39 is 0 Å². The SMILES string of the molecule is COc1ccc(Cl)cc1Cn1cc(N)c(C)cc1=O. The Morgan fingerprint density at radius 3 is 2.79 bits per heavy atom. The summed E-state index contributed by atoms with van der Waals surface area (Å²) in [5.74, 6) is 0.690. The monoisotopic (exact) mass is 278 g/mol. The van der Waals surface area contributed by atoms with Crippen LogP contribution in [0.5, 0.6) is 5.75 Å². The molecule has 19 heavy (non-hydrogen) atoms. The lowest BCUT2D eigenvalue weighted by molar-refractivity contribution is 0.408. The summed E-state index contributed by atoms with van der Waals surface area (Å²) < 4.78 is 6.80. The van der Waals surface area contributed by atoms with E-state index in [2.05, 4.69) is 0 Å². The number of nitrogens with two attached hydrogens (primary N) is 1. The lowest BCUT2D eigenvalue weighted by atomic mass is 10.2. The average molecular weight is 279 g/mol. The van der Waals surface area contributed by atoms with Crippen molar-refractivity contribution in [3.63, 3.8) is 0 Å². The van der Waals surface area contributed by atoms with Crippen LogP contribution in [0, 0.1) is 6.92 Å². The van der Waals surface area contributed by atoms with E-state index in [0.717, 1.165) is 11.1 Å². The number of hydrogen-bond acceptors (Lipinski definition) is 3. The third-order valence-electron chi connectivity index (χ3n) is 2.96. The molecule has 0 aliphatic carbocycles. The van der Waals surface area contributed by atoms with E-state index in [9.17, 15) is 4.79 Å². The van der Waals surface area contributed by atoms with Gasteiger partial charge in [-0.1, -0.05) is 11.6 Å². The molecule has 0 bridgehead atoms. The third kappa shape index (κ3) is 2.90. The number of benzene rings is 1. The van der Waals surface area contributed by atoms with Gasteiger partial charge in [-0.3, -0.25) is 4.79 Å². The number of ether oxygens (including phenoxy) is 1. The van der Waals surface area contributed by atoms with Gasteiger partial charge in [0.2, 0.25) is 0 Å². The Morgan fingerprint density at radius 2 is 2.11 bits per heavy atom. The number of rotatable bonds is 3. The third-order valence-corrected chi connectivity index (χ3v) is 3.19. The molecule has 100 valence electrons. The fourth-order valence-corrected chi connectivity index (χ4v) is 2.06. The minimum absolute atomic E-state index is 0.103. The number of aromatic nitrogens is 1. The first kappa shape index (κ1) is 13.5. The zero-order valence-corrected chi connectivity index (χ0v) is 11.6. The van der Waals surface area contributed by atoms with E-state index in [4.69, 9.17) is 22.1 Å². The second-order valence-corrected chi connectivity index (χ2v) is 4.77. The molecule has 5 heteroatoms. The molecule has 0 atom stereocenters. The molecule has 4 nitrogen and oxygen atoms in total. The van der Waals surface area contributed by atoms with E-state index in [1.807, 2.05) is 0 Å². The van der Waals surface area contributed by atoms with Crippen LogP contribution >= 0.6 is 11.6 Å². The predicted octanol–water partition coefficient (Wildman–Crippen LogP) is 2.45. The lowest BCUT2D eigenvalue weighted by Crippen LogP contribution is -2.21. The molecular weight excluding hydrogens is 264 g/mol. The highest BCUT2D eigenvalue weighted by Gasteiger charge is 2.07. The number of methoxy groups -OCH3 is 1. The van der Waals surface area contributed by atoms with Crippen LogP contribution in [0.4, 0.5) is 5.69 Å². The van der Waals surface area contributed by atoms with Crippen LogP contribution in [-0.2, 0) is 6.54 Å². The first-order valence-electron chi connectivity index (χ1n) is 5.80. The Kier molecular flexibility index (Phi) is 3.81. The second-order valence-electron chi connectivity index (χ2n) is 4.33. The zero-order valence-electron chi connectivity index (χ0n) is 10.8. The van der Waals surface area contributed by atoms with Gasteiger partial charge < -0.3 is 15.0 Å². The maximum Gasteiger partial charge on any atom is 0.251 e. The van der Waals surface area contributed by atoms with Crippen molar-refractivity contribution in [3.05, 3.63) is 57.0 Å². The molecule has 0 fully saturated rings. The number of hydrogen-bond donors (Lipinski definition) is 1. The van der Waals surface area contributed by atoms with Gasteiger partial charge in [0.15, 0.2) is 0 Å². The van der Waals surface area contributed by atoms with Gasteiger partial charge in [0, 0.05) is 22.8 Å². The summed E-state index contributed by atoms with van der Waals surface area (Å²) in [7, 11) is 1.58. The van der Waals surface area contributed by atoms with Gasteiger partial charge >= 0.3 is 0 Å². The normalized spacial score (nSPS) is 10.5. The van der Waals surface area contributed by atoms with Crippen LogP contribution in [0.2, 0.25) is 5.02 Å². The van der Waals surface area contributed by atoms with Crippen LogP contribution in [0.15, 0.2) is 35.3 Å². The molecule has 2 N–H and O–H groups in total. The Bertz CT molecular complexity index is 665. The molecule has 0 amide bonds. The highest BCUT2D eigenvalue weighted by molar-refractivity contribution is 6.30. The number of pyridine rings is 1. The van der Waals surface area contributed by atoms with Gasteiger partial charge in [-0.05, 0) is 30.7 Å². The number of halogens is 1. The van der Waals surface area contributed by atoms with Gasteiger partial charge in [0.05, 0.1) is 19.3 Å². The Labute approximate surface area is 116 Å². The van der Waals surface area contributed by atoms with Crippen LogP contribution in [0.3, 0.4) is 0 Å². The maximum atomic E-state index is 11.9. The number of aryl methyl sites for hydroxylation is 1. The van der Waals surface area contributed by atoms with Gasteiger partial charge in [-0.2, -0.15) is 0 Å². The van der Waals surface area contributed by atoms with Crippen molar-refractivity contribution in [2.75, 3.05) is 12.8 Å². The van der Waals surface area contributed by atoms with Crippen LogP contribution in [0.1, 0.15) is 11.1 Å². The van der Waals surface area contributed by atoms with E-state index in [1.165, 1.54) is 10.6 Å². The first-order valence-corrected chi connectivity index (χ1v) is 6.18. The maximum absolute atomic E-state index is 11.9. The largest absolute Gasteiger partial charge is 0.496 e. The minimum atomic E-state index is -0.103. The molecule has 0 saturated carbocycles. The van der Waals surface area contributed by atoms with Gasteiger partial charge in [-0.25, -0.2) is 0 Å². The zero-order chi connectivity index (χ0) is 14.0. The van der Waals surface area contributed by atoms with Crippen LogP contribution < -0.4 is 16.0 Å². The fraction of sp³-hybridized carbons (Fsp3) is 0.214. The van der Waals surface area contributed by atoms with Crippen molar-refractivity contribution >= 4 is 17.3 Å². The van der Waals surface area contributed by atoms with Gasteiger partial charge in [-0.15, -0.1) is 0 Å². The molecule has 1 aromatic heterocycles. The summed E-state index contributed by atoms with van der Waals surface area (Å²) in [5, 5.41) is 0.601. The quantitative estimate of drug-likeness (QED) is 0.938. The van der Waals surface area contributed by atoms with Crippen LogP contribution in [-0.4, -0.2) is 11.7 Å². The predicted molar refractivity (Wildman–Crippen MR) is 77.0 cm³/mol. The van der Waals surface area contributed by atoms with Crippen molar-refractivity contribution < 1.29 is 4.74 Å². The Balaban J connectivity index is 2.44. The molecule has 2 aromatic rings. The molecule has 0 spiro atoms. The molecule has 0 radical (unpaired) electrons. The summed E-state index contributed by atoms with van der Waals surface area (Å²) >= 11 is 5.97. The average Bonchev–Trinajstić information content (AvgIpc) is 2.36. The van der Waals surface area contributed by atoms with E-state index in [-0.39, 0.29) is 5.56 Å². The molecule has 0 saturated heterocycles. The molecule has 1 heterocycles. The fourth-order valence-electron chi connectivity index (χ4n) is 1.86. The molecule has 0 aliphatic rings. The second kappa shape index (κ2) is 5.36. The molecular formula is C14H15ClN2O2. The number of nitrogens with zero attached hydrogens (tertiary/aromatic N) is 1. The molecule has 0 unspecified atom stereocenters. The van der Waals surface area contributed by atoms with Crippen LogP contribution in [0.25, 0.3) is 0 Å². The van der Waals surface area contributed by atoms with E-state index in [1.54, 1.807) is 38.4 Å². The summed E-state index contributed by atoms with van der Waals surface area (Å²) in [6.45, 7) is 2.17. The topological polar surface area (TPSA) is 57.2 Å². The minimum Gasteiger partial charge on any atom is -0.496 e. The van der Waals surface area contributed by atoms with Crippen molar-refractivity contribution in [3.8, 4) is 5.75 Å². The lowest BCUT2D eigenvalue weighted by Gasteiger charge is -2.12. The van der Waals surface area contributed by atoms with Gasteiger partial charge in [0.25, 0.3) is 5.56 Å². The summed E-state index contributed by atoms with van der Waals surface area (Å²) in [6.07, 6.45) is 1.64.